The average molecular weight is 780 g/mol. The Labute approximate surface area is 350 Å². The van der Waals surface area contributed by atoms with Gasteiger partial charge in [-0.25, -0.2) is 9.97 Å². The van der Waals surface area contributed by atoms with E-state index in [-0.39, 0.29) is 0 Å². The van der Waals surface area contributed by atoms with Crippen LogP contribution in [0.3, 0.4) is 0 Å². The Morgan fingerprint density at radius 1 is 0.377 bits per heavy atom. The lowest BCUT2D eigenvalue weighted by Gasteiger charge is -2.26. The zero-order chi connectivity index (χ0) is 40.0. The molecule has 0 N–H and O–H groups in total. The van der Waals surface area contributed by atoms with Crippen LogP contribution in [0.2, 0.25) is 0 Å². The summed E-state index contributed by atoms with van der Waals surface area (Å²) in [6.45, 7) is 0. The van der Waals surface area contributed by atoms with Gasteiger partial charge < -0.3 is 8.83 Å². The number of fused-ring (bicyclic) bond motifs is 10. The first kappa shape index (κ1) is 33.7. The van der Waals surface area contributed by atoms with Gasteiger partial charge in [0.05, 0.1) is 22.6 Å². The number of hydrogen-bond acceptors (Lipinski definition) is 5. The molecule has 13 rings (SSSR count). The Balaban J connectivity index is 1.02. The molecule has 0 spiro atoms. The number of rotatable bonds is 4. The van der Waals surface area contributed by atoms with E-state index >= 15 is 0 Å². The van der Waals surface area contributed by atoms with Crippen LogP contribution in [0.25, 0.3) is 111 Å². The lowest BCUT2D eigenvalue weighted by molar-refractivity contribution is 0.668. The maximum Gasteiger partial charge on any atom is 0.235 e. The van der Waals surface area contributed by atoms with Crippen LogP contribution in [-0.4, -0.2) is 9.97 Å². The number of para-hydroxylation sites is 4. The van der Waals surface area contributed by atoms with Gasteiger partial charge >= 0.3 is 0 Å². The number of nitrogens with zero attached hydrogens (tertiary/aromatic N) is 3. The van der Waals surface area contributed by atoms with Gasteiger partial charge in [-0.15, -0.1) is 0 Å². The Kier molecular flexibility index (Phi) is 7.24. The van der Waals surface area contributed by atoms with E-state index in [2.05, 4.69) is 175 Å². The molecular formula is C56H33N3O2. The Morgan fingerprint density at radius 2 is 1.00 bits per heavy atom. The molecule has 0 bridgehead atoms. The lowest BCUT2D eigenvalue weighted by Crippen LogP contribution is -2.15. The molecule has 0 saturated carbocycles. The Bertz CT molecular complexity index is 3780. The third-order valence-corrected chi connectivity index (χ3v) is 12.2. The summed E-state index contributed by atoms with van der Waals surface area (Å²) in [7, 11) is 0. The molecule has 5 nitrogen and oxygen atoms in total. The smallest absolute Gasteiger partial charge is 0.235 e. The van der Waals surface area contributed by atoms with Gasteiger partial charge in [0.25, 0.3) is 0 Å². The van der Waals surface area contributed by atoms with Crippen LogP contribution in [0.4, 0.5) is 17.3 Å². The quantitative estimate of drug-likeness (QED) is 0.178. The molecule has 4 heterocycles. The lowest BCUT2D eigenvalue weighted by atomic mass is 9.96. The fourth-order valence-electron chi connectivity index (χ4n) is 9.33. The monoisotopic (exact) mass is 779 g/mol. The fraction of sp³-hybridized carbons (Fsp3) is 0. The molecule has 0 aliphatic carbocycles. The molecular weight excluding hydrogens is 747 g/mol. The van der Waals surface area contributed by atoms with Crippen LogP contribution >= 0.6 is 0 Å². The number of aromatic nitrogens is 2. The summed E-state index contributed by atoms with van der Waals surface area (Å²) >= 11 is 0. The molecule has 61 heavy (non-hydrogen) atoms. The normalized spacial score (nSPS) is 12.5. The molecule has 12 aromatic rings. The first-order chi connectivity index (χ1) is 30.2. The largest absolute Gasteiger partial charge is 0.456 e. The maximum atomic E-state index is 6.51. The van der Waals surface area contributed by atoms with E-state index in [4.69, 9.17) is 18.8 Å². The highest BCUT2D eigenvalue weighted by Crippen LogP contribution is 2.47. The molecule has 1 aliphatic rings. The van der Waals surface area contributed by atoms with E-state index in [0.29, 0.717) is 5.95 Å². The number of hydrogen-bond donors (Lipinski definition) is 0. The van der Waals surface area contributed by atoms with Crippen LogP contribution in [0.15, 0.2) is 197 Å². The predicted octanol–water partition coefficient (Wildman–Crippen LogP) is 15.5. The average Bonchev–Trinajstić information content (AvgIpc) is 3.84. The van der Waals surface area contributed by atoms with Crippen molar-refractivity contribution >= 4 is 95.0 Å². The molecule has 3 aromatic heterocycles. The minimum absolute atomic E-state index is 0.581. The highest BCUT2D eigenvalue weighted by atomic mass is 16.3. The summed E-state index contributed by atoms with van der Waals surface area (Å²) in [6, 6.07) is 66.0. The van der Waals surface area contributed by atoms with Gasteiger partial charge in [0, 0.05) is 43.6 Å². The van der Waals surface area contributed by atoms with Crippen molar-refractivity contribution < 1.29 is 8.83 Å². The topological polar surface area (TPSA) is 55.3 Å². The maximum absolute atomic E-state index is 6.51. The van der Waals surface area contributed by atoms with Crippen molar-refractivity contribution in [3.8, 4) is 33.5 Å². The van der Waals surface area contributed by atoms with E-state index in [1.165, 1.54) is 16.3 Å². The van der Waals surface area contributed by atoms with E-state index in [1.807, 2.05) is 30.3 Å². The van der Waals surface area contributed by atoms with Crippen LogP contribution in [-0.2, 0) is 0 Å². The summed E-state index contributed by atoms with van der Waals surface area (Å²) in [4.78, 5) is 13.1. The molecule has 0 amide bonds. The SMILES string of the molecule is C1=Cc2cc3oc4ccccc4c3cc2N(c2nc(-c3ccc(-c4cccc5ccccc45)cc3)c3ccccc3n2)c2ccc(-c3cccc4c3oc3ccccc34)cc21. The minimum atomic E-state index is 0.581. The van der Waals surface area contributed by atoms with Gasteiger partial charge in [-0.3, -0.25) is 4.90 Å². The Hall–Kier alpha value is -8.28. The van der Waals surface area contributed by atoms with Gasteiger partial charge in [0.2, 0.25) is 5.95 Å². The summed E-state index contributed by atoms with van der Waals surface area (Å²) in [5.41, 5.74) is 14.6. The molecule has 284 valence electrons. The van der Waals surface area contributed by atoms with Gasteiger partial charge in [0.15, 0.2) is 0 Å². The van der Waals surface area contributed by atoms with Crippen LogP contribution < -0.4 is 4.90 Å². The van der Waals surface area contributed by atoms with Crippen molar-refractivity contribution in [2.75, 3.05) is 4.90 Å². The Morgan fingerprint density at radius 3 is 1.85 bits per heavy atom. The number of benzene rings is 9. The molecule has 1 aliphatic heterocycles. The molecule has 0 radical (unpaired) electrons. The first-order valence-electron chi connectivity index (χ1n) is 20.6. The fourth-order valence-corrected chi connectivity index (χ4v) is 9.33. The van der Waals surface area contributed by atoms with Gasteiger partial charge in [-0.05, 0) is 75.5 Å². The van der Waals surface area contributed by atoms with E-state index < -0.39 is 0 Å². The van der Waals surface area contributed by atoms with Crippen LogP contribution in [0, 0.1) is 0 Å². The number of furan rings is 2. The third kappa shape index (κ3) is 5.27. The summed E-state index contributed by atoms with van der Waals surface area (Å²) in [5.74, 6) is 0.581. The van der Waals surface area contributed by atoms with Crippen LogP contribution in [0.5, 0.6) is 0 Å². The molecule has 0 saturated heterocycles. The highest BCUT2D eigenvalue weighted by molar-refractivity contribution is 6.11. The van der Waals surface area contributed by atoms with Gasteiger partial charge in [0.1, 0.15) is 22.3 Å². The van der Waals surface area contributed by atoms with Gasteiger partial charge in [-0.2, -0.15) is 0 Å². The van der Waals surface area contributed by atoms with E-state index in [9.17, 15) is 0 Å². The van der Waals surface area contributed by atoms with Crippen LogP contribution in [0.1, 0.15) is 11.1 Å². The highest BCUT2D eigenvalue weighted by Gasteiger charge is 2.26. The second kappa shape index (κ2) is 13.1. The summed E-state index contributed by atoms with van der Waals surface area (Å²) in [5, 5.41) is 7.76. The standard InChI is InChI=1S/C56H33N3O2/c1-2-13-40-34(11-1)12-9-17-41(40)35-23-25-36(26-24-35)54-46-16-3-6-20-48(46)57-56(58-54)59-49-30-29-37(42-18-10-19-45-43-14-4-8-22-52(43)61-55(42)45)31-38(49)27-28-39-32-53-47(33-50(39)59)44-15-5-7-21-51(44)60-53/h1-33H. The number of anilines is 3. The second-order valence-corrected chi connectivity index (χ2v) is 15.7. The molecule has 0 atom stereocenters. The van der Waals surface area contributed by atoms with Gasteiger partial charge in [-0.1, -0.05) is 158 Å². The molecule has 0 fully saturated rings. The van der Waals surface area contributed by atoms with Crippen molar-refractivity contribution in [2.45, 2.75) is 0 Å². The first-order valence-corrected chi connectivity index (χ1v) is 20.6. The van der Waals surface area contributed by atoms with E-state index in [0.717, 1.165) is 105 Å². The molecule has 5 heteroatoms. The van der Waals surface area contributed by atoms with Crippen molar-refractivity contribution in [1.82, 2.24) is 9.97 Å². The zero-order valence-electron chi connectivity index (χ0n) is 32.7. The van der Waals surface area contributed by atoms with Crippen molar-refractivity contribution in [2.24, 2.45) is 0 Å². The zero-order valence-corrected chi connectivity index (χ0v) is 32.7. The summed E-state index contributed by atoms with van der Waals surface area (Å²) in [6.07, 6.45) is 4.37. The van der Waals surface area contributed by atoms with E-state index in [1.54, 1.807) is 0 Å². The molecule has 0 unspecified atom stereocenters. The van der Waals surface area contributed by atoms with Crippen molar-refractivity contribution in [3.05, 3.63) is 199 Å². The molecule has 9 aromatic carbocycles. The summed E-state index contributed by atoms with van der Waals surface area (Å²) < 4.78 is 12.9. The third-order valence-electron chi connectivity index (χ3n) is 12.2. The van der Waals surface area contributed by atoms with Crippen molar-refractivity contribution in [1.29, 1.82) is 0 Å². The predicted molar refractivity (Wildman–Crippen MR) is 252 cm³/mol. The minimum Gasteiger partial charge on any atom is -0.456 e. The second-order valence-electron chi connectivity index (χ2n) is 15.7. The van der Waals surface area contributed by atoms with Crippen molar-refractivity contribution in [3.63, 3.8) is 0 Å².